The van der Waals surface area contributed by atoms with E-state index in [4.69, 9.17) is 4.99 Å². The predicted molar refractivity (Wildman–Crippen MR) is 103 cm³/mol. The first kappa shape index (κ1) is 20.5. The Balaban J connectivity index is 1.99. The van der Waals surface area contributed by atoms with Gasteiger partial charge in [0.05, 0.1) is 12.8 Å². The zero-order valence-electron chi connectivity index (χ0n) is 16.3. The summed E-state index contributed by atoms with van der Waals surface area (Å²) in [5, 5.41) is 6.86. The lowest BCUT2D eigenvalue weighted by Crippen LogP contribution is -2.47. The van der Waals surface area contributed by atoms with E-state index < -0.39 is 10.0 Å². The van der Waals surface area contributed by atoms with E-state index in [1.54, 1.807) is 4.31 Å². The van der Waals surface area contributed by atoms with Gasteiger partial charge >= 0.3 is 0 Å². The van der Waals surface area contributed by atoms with Crippen molar-refractivity contribution in [1.29, 1.82) is 0 Å². The minimum Gasteiger partial charge on any atom is -0.357 e. The van der Waals surface area contributed by atoms with Gasteiger partial charge in [-0.15, -0.1) is 0 Å². The Bertz CT molecular complexity index is 563. The van der Waals surface area contributed by atoms with Crippen LogP contribution in [0, 0.1) is 5.92 Å². The molecule has 2 rings (SSSR count). The summed E-state index contributed by atoms with van der Waals surface area (Å²) in [6.45, 7) is 12.8. The molecule has 7 nitrogen and oxygen atoms in total. The molecule has 2 N–H and O–H groups in total. The van der Waals surface area contributed by atoms with Crippen LogP contribution in [0.3, 0.4) is 0 Å². The Hall–Kier alpha value is -0.860. The summed E-state index contributed by atoms with van der Waals surface area (Å²) in [6, 6.07) is 0.906. The molecule has 0 spiro atoms. The Morgan fingerprint density at radius 3 is 2.60 bits per heavy atom. The van der Waals surface area contributed by atoms with E-state index in [-0.39, 0.29) is 6.04 Å². The van der Waals surface area contributed by atoms with Crippen LogP contribution in [0.2, 0.25) is 0 Å². The Morgan fingerprint density at radius 2 is 2.04 bits per heavy atom. The first-order chi connectivity index (χ1) is 11.7. The molecular formula is C17H35N5O2S. The van der Waals surface area contributed by atoms with Gasteiger partial charge in [0, 0.05) is 44.3 Å². The highest BCUT2D eigenvalue weighted by Gasteiger charge is 2.33. The first-order valence-corrected chi connectivity index (χ1v) is 11.3. The number of nitrogens with one attached hydrogen (secondary N) is 2. The third-order valence-electron chi connectivity index (χ3n) is 5.25. The molecule has 0 aliphatic carbocycles. The number of likely N-dealkylation sites (tertiary alicyclic amines) is 1. The van der Waals surface area contributed by atoms with Crippen LogP contribution in [-0.4, -0.2) is 80.7 Å². The molecule has 8 heteroatoms. The van der Waals surface area contributed by atoms with Crippen molar-refractivity contribution in [2.75, 3.05) is 39.0 Å². The van der Waals surface area contributed by atoms with E-state index in [0.29, 0.717) is 31.1 Å². The van der Waals surface area contributed by atoms with Gasteiger partial charge in [0.1, 0.15) is 0 Å². The maximum absolute atomic E-state index is 11.9. The van der Waals surface area contributed by atoms with Crippen molar-refractivity contribution in [3.8, 4) is 0 Å². The third kappa shape index (κ3) is 5.56. The van der Waals surface area contributed by atoms with E-state index in [1.807, 2.05) is 6.92 Å². The summed E-state index contributed by atoms with van der Waals surface area (Å²) in [4.78, 5) is 7.18. The number of aliphatic imine (C=N–C) groups is 1. The number of sulfonamides is 1. The quantitative estimate of drug-likeness (QED) is 0.529. The molecule has 0 aromatic rings. The second-order valence-electron chi connectivity index (χ2n) is 7.67. The fourth-order valence-electron chi connectivity index (χ4n) is 3.73. The minimum absolute atomic E-state index is 0.0152. The second kappa shape index (κ2) is 8.68. The van der Waals surface area contributed by atoms with Crippen molar-refractivity contribution < 1.29 is 8.42 Å². The molecule has 2 fully saturated rings. The molecule has 2 unspecified atom stereocenters. The molecule has 2 saturated heterocycles. The van der Waals surface area contributed by atoms with Crippen LogP contribution in [0.25, 0.3) is 0 Å². The third-order valence-corrected chi connectivity index (χ3v) is 6.58. The van der Waals surface area contributed by atoms with Crippen molar-refractivity contribution >= 4 is 16.0 Å². The summed E-state index contributed by atoms with van der Waals surface area (Å²) in [6.07, 6.45) is 3.09. The molecular weight excluding hydrogens is 338 g/mol. The second-order valence-corrected chi connectivity index (χ2v) is 9.60. The van der Waals surface area contributed by atoms with E-state index in [1.165, 1.54) is 6.26 Å². The lowest BCUT2D eigenvalue weighted by atomic mass is 10.1. The minimum atomic E-state index is -3.14. The van der Waals surface area contributed by atoms with Gasteiger partial charge in [0.2, 0.25) is 10.0 Å². The monoisotopic (exact) mass is 373 g/mol. The fraction of sp³-hybridized carbons (Fsp3) is 0.941. The molecule has 0 amide bonds. The molecule has 0 radical (unpaired) electrons. The zero-order chi connectivity index (χ0) is 18.6. The van der Waals surface area contributed by atoms with Crippen LogP contribution in [0.5, 0.6) is 0 Å². The first-order valence-electron chi connectivity index (χ1n) is 9.48. The van der Waals surface area contributed by atoms with Crippen molar-refractivity contribution in [1.82, 2.24) is 19.8 Å². The van der Waals surface area contributed by atoms with Crippen molar-refractivity contribution in [3.05, 3.63) is 0 Å². The normalized spacial score (nSPS) is 29.5. The Labute approximate surface area is 153 Å². The standard InChI is InChI=1S/C17H35N5O2S/c1-6-18-17(20-16-12-21(13(2)3)11-14(16)4)19-10-15-8-7-9-22(15)25(5,23)24/h13-16H,6-12H2,1-5H3,(H2,18,19,20)/t14?,15-,16?/m1/s1. The largest absolute Gasteiger partial charge is 0.357 e. The highest BCUT2D eigenvalue weighted by molar-refractivity contribution is 7.88. The van der Waals surface area contributed by atoms with E-state index in [0.717, 1.165) is 38.4 Å². The number of hydrogen-bond donors (Lipinski definition) is 2. The van der Waals surface area contributed by atoms with E-state index in [2.05, 4.69) is 36.3 Å². The van der Waals surface area contributed by atoms with Crippen molar-refractivity contribution in [3.63, 3.8) is 0 Å². The molecule has 0 saturated carbocycles. The molecule has 2 aliphatic heterocycles. The molecule has 0 aromatic carbocycles. The maximum atomic E-state index is 11.9. The molecule has 2 heterocycles. The molecule has 25 heavy (non-hydrogen) atoms. The van der Waals surface area contributed by atoms with Gasteiger partial charge in [-0.2, -0.15) is 4.31 Å². The smallest absolute Gasteiger partial charge is 0.211 e. The van der Waals surface area contributed by atoms with E-state index in [9.17, 15) is 8.42 Å². The lowest BCUT2D eigenvalue weighted by molar-refractivity contribution is 0.265. The highest BCUT2D eigenvalue weighted by Crippen LogP contribution is 2.21. The van der Waals surface area contributed by atoms with Gasteiger partial charge in [-0.25, -0.2) is 8.42 Å². The van der Waals surface area contributed by atoms with E-state index >= 15 is 0 Å². The van der Waals surface area contributed by atoms with Crippen LogP contribution < -0.4 is 10.6 Å². The molecule has 3 atom stereocenters. The summed E-state index contributed by atoms with van der Waals surface area (Å²) in [7, 11) is -3.14. The molecule has 146 valence electrons. The fourth-order valence-corrected chi connectivity index (χ4v) is 4.91. The van der Waals surface area contributed by atoms with Gasteiger partial charge in [0.15, 0.2) is 5.96 Å². The molecule has 0 aromatic heterocycles. The molecule has 0 bridgehead atoms. The number of hydrogen-bond acceptors (Lipinski definition) is 4. The number of guanidine groups is 1. The van der Waals surface area contributed by atoms with Gasteiger partial charge in [0.25, 0.3) is 0 Å². The van der Waals surface area contributed by atoms with Crippen molar-refractivity contribution in [2.24, 2.45) is 10.9 Å². The van der Waals surface area contributed by atoms with Crippen LogP contribution in [0.15, 0.2) is 4.99 Å². The van der Waals surface area contributed by atoms with Gasteiger partial charge < -0.3 is 10.6 Å². The van der Waals surface area contributed by atoms with Gasteiger partial charge in [-0.1, -0.05) is 6.92 Å². The summed E-state index contributed by atoms with van der Waals surface area (Å²) < 4.78 is 25.3. The Kier molecular flexibility index (Phi) is 7.10. The number of nitrogens with zero attached hydrogens (tertiary/aromatic N) is 3. The van der Waals surface area contributed by atoms with Crippen LogP contribution in [0.1, 0.15) is 40.5 Å². The van der Waals surface area contributed by atoms with Crippen LogP contribution in [-0.2, 0) is 10.0 Å². The predicted octanol–water partition coefficient (Wildman–Crippen LogP) is 0.694. The average molecular weight is 374 g/mol. The van der Waals surface area contributed by atoms with Crippen LogP contribution >= 0.6 is 0 Å². The summed E-state index contributed by atoms with van der Waals surface area (Å²) >= 11 is 0. The zero-order valence-corrected chi connectivity index (χ0v) is 17.1. The summed E-state index contributed by atoms with van der Waals surface area (Å²) in [5.41, 5.74) is 0. The number of rotatable bonds is 6. The average Bonchev–Trinajstić information content (AvgIpc) is 3.12. The summed E-state index contributed by atoms with van der Waals surface area (Å²) in [5.74, 6) is 1.36. The highest BCUT2D eigenvalue weighted by atomic mass is 32.2. The van der Waals surface area contributed by atoms with Gasteiger partial charge in [-0.3, -0.25) is 9.89 Å². The lowest BCUT2D eigenvalue weighted by Gasteiger charge is -2.23. The molecule has 2 aliphatic rings. The topological polar surface area (TPSA) is 77.0 Å². The SMILES string of the molecule is CCNC(=NC[C@H]1CCCN1S(C)(=O)=O)NC1CN(C(C)C)CC1C. The Morgan fingerprint density at radius 1 is 1.32 bits per heavy atom. The van der Waals surface area contributed by atoms with Crippen molar-refractivity contribution in [2.45, 2.75) is 58.7 Å². The maximum Gasteiger partial charge on any atom is 0.211 e. The van der Waals surface area contributed by atoms with Gasteiger partial charge in [-0.05, 0) is 39.5 Å². The van der Waals surface area contributed by atoms with Crippen LogP contribution in [0.4, 0.5) is 0 Å².